The summed E-state index contributed by atoms with van der Waals surface area (Å²) in [5.74, 6) is -2.34. The molecule has 0 bridgehead atoms. The van der Waals surface area contributed by atoms with E-state index in [0.717, 1.165) is 51.7 Å². The largest absolute Gasteiger partial charge is 0.481 e. The molecule has 7 nitrogen and oxygen atoms in total. The molecule has 45 heavy (non-hydrogen) atoms. The van der Waals surface area contributed by atoms with Crippen LogP contribution >= 0.6 is 0 Å². The third kappa shape index (κ3) is 31.9. The first-order valence-corrected chi connectivity index (χ1v) is 19.0. The fraction of sp³-hybridized carbons (Fsp3) is 0.868. The molecule has 0 aliphatic rings. The van der Waals surface area contributed by atoms with Gasteiger partial charge in [0.15, 0.2) is 0 Å². The second-order valence-corrected chi connectivity index (χ2v) is 13.5. The highest BCUT2D eigenvalue weighted by molar-refractivity contribution is 5.67. The van der Waals surface area contributed by atoms with Gasteiger partial charge in [-0.3, -0.25) is 18.9 Å². The normalized spacial score (nSPS) is 11.8. The lowest BCUT2D eigenvalue weighted by Gasteiger charge is -2.35. The molecule has 0 aromatic carbocycles. The average molecular weight is 639 g/mol. The predicted octanol–water partition coefficient (Wildman–Crippen LogP) is 10.9. The highest BCUT2D eigenvalue weighted by atomic mass is 16.4. The van der Waals surface area contributed by atoms with Crippen molar-refractivity contribution in [2.24, 2.45) is 0 Å². The van der Waals surface area contributed by atoms with Gasteiger partial charge in [-0.1, -0.05) is 122 Å². The van der Waals surface area contributed by atoms with Gasteiger partial charge in [0.1, 0.15) is 0 Å². The van der Waals surface area contributed by atoms with Gasteiger partial charge in [0.2, 0.25) is 0 Å². The Hall–Kier alpha value is -1.89. The molecule has 0 radical (unpaired) electrons. The molecular formula is C38H72NO6+. The zero-order valence-electron chi connectivity index (χ0n) is 29.3. The summed E-state index contributed by atoms with van der Waals surface area (Å²) >= 11 is 0. The van der Waals surface area contributed by atoms with Gasteiger partial charge in [-0.25, -0.2) is 0 Å². The number of nitrogens with zero attached hydrogens (tertiary/aromatic N) is 1. The van der Waals surface area contributed by atoms with Crippen LogP contribution in [0.4, 0.5) is 0 Å². The number of allylic oxidation sites excluding steroid dienone is 1. The zero-order valence-corrected chi connectivity index (χ0v) is 29.3. The molecule has 7 heteroatoms. The van der Waals surface area contributed by atoms with E-state index in [1.54, 1.807) is 0 Å². The van der Waals surface area contributed by atoms with E-state index in [0.29, 0.717) is 23.7 Å². The van der Waals surface area contributed by atoms with Crippen LogP contribution in [0.2, 0.25) is 0 Å². The van der Waals surface area contributed by atoms with Crippen molar-refractivity contribution in [1.82, 2.24) is 0 Å². The lowest BCUT2D eigenvalue weighted by molar-refractivity contribution is -0.880. The Bertz CT molecular complexity index is 683. The molecule has 0 atom stereocenters. The lowest BCUT2D eigenvalue weighted by atomic mass is 10.0. The number of quaternary nitrogens is 1. The van der Waals surface area contributed by atoms with E-state index in [4.69, 9.17) is 15.3 Å². The van der Waals surface area contributed by atoms with Crippen molar-refractivity contribution in [1.29, 1.82) is 0 Å². The molecule has 0 aliphatic carbocycles. The molecule has 0 aromatic rings. The summed E-state index contributed by atoms with van der Waals surface area (Å²) in [7, 11) is 0. The molecule has 0 amide bonds. The SMILES string of the molecule is CCCCCCCCCCCCCCCCCCCCC/C=C/[N+](CCCCC(=O)O)(CCCCC(=O)O)CCCCC(=O)O. The first-order chi connectivity index (χ1) is 21.8. The summed E-state index contributed by atoms with van der Waals surface area (Å²) in [4.78, 5) is 33.0. The Kier molecular flexibility index (Phi) is 30.7. The summed E-state index contributed by atoms with van der Waals surface area (Å²) in [6.45, 7) is 4.71. The van der Waals surface area contributed by atoms with Gasteiger partial charge in [-0.15, -0.1) is 0 Å². The summed E-state index contributed by atoms with van der Waals surface area (Å²) in [6, 6.07) is 0. The van der Waals surface area contributed by atoms with Gasteiger partial charge < -0.3 is 15.3 Å². The molecule has 0 spiro atoms. The van der Waals surface area contributed by atoms with Crippen LogP contribution in [0.5, 0.6) is 0 Å². The fourth-order valence-electron chi connectivity index (χ4n) is 6.31. The fourth-order valence-corrected chi connectivity index (χ4v) is 6.31. The molecule has 0 aromatic heterocycles. The molecule has 0 unspecified atom stereocenters. The Morgan fingerprint density at radius 3 is 1.00 bits per heavy atom. The maximum atomic E-state index is 11.0. The Morgan fingerprint density at radius 1 is 0.422 bits per heavy atom. The van der Waals surface area contributed by atoms with Gasteiger partial charge >= 0.3 is 17.9 Å². The molecule has 0 saturated heterocycles. The van der Waals surface area contributed by atoms with Gasteiger partial charge in [0.05, 0.1) is 25.8 Å². The van der Waals surface area contributed by atoms with E-state index in [9.17, 15) is 14.4 Å². The van der Waals surface area contributed by atoms with Crippen molar-refractivity contribution < 1.29 is 34.2 Å². The van der Waals surface area contributed by atoms with Crippen LogP contribution in [0.15, 0.2) is 12.3 Å². The van der Waals surface area contributed by atoms with Crippen molar-refractivity contribution in [3.05, 3.63) is 12.3 Å². The van der Waals surface area contributed by atoms with Gasteiger partial charge in [-0.2, -0.15) is 0 Å². The topological polar surface area (TPSA) is 112 Å². The first kappa shape index (κ1) is 43.1. The van der Waals surface area contributed by atoms with Gasteiger partial charge in [0.25, 0.3) is 0 Å². The Morgan fingerprint density at radius 2 is 0.711 bits per heavy atom. The van der Waals surface area contributed by atoms with Crippen molar-refractivity contribution in [3.8, 4) is 0 Å². The molecule has 0 aliphatic heterocycles. The number of rotatable bonds is 36. The zero-order chi connectivity index (χ0) is 33.3. The van der Waals surface area contributed by atoms with Crippen LogP contribution in [0.25, 0.3) is 0 Å². The van der Waals surface area contributed by atoms with Crippen LogP contribution in [-0.4, -0.2) is 57.3 Å². The van der Waals surface area contributed by atoms with Crippen LogP contribution in [0.1, 0.15) is 193 Å². The minimum Gasteiger partial charge on any atom is -0.481 e. The van der Waals surface area contributed by atoms with Crippen molar-refractivity contribution in [3.63, 3.8) is 0 Å². The van der Waals surface area contributed by atoms with Crippen LogP contribution in [0, 0.1) is 0 Å². The number of hydrogen-bond acceptors (Lipinski definition) is 3. The van der Waals surface area contributed by atoms with E-state index in [-0.39, 0.29) is 19.3 Å². The van der Waals surface area contributed by atoms with Crippen molar-refractivity contribution >= 4 is 17.9 Å². The Labute approximate surface area is 276 Å². The molecule has 3 N–H and O–H groups in total. The summed E-state index contributed by atoms with van der Waals surface area (Å²) in [5, 5.41) is 27.2. The van der Waals surface area contributed by atoms with Gasteiger partial charge in [-0.05, 0) is 57.4 Å². The molecule has 0 rings (SSSR count). The molecular weight excluding hydrogens is 566 g/mol. The van der Waals surface area contributed by atoms with Crippen LogP contribution in [0.3, 0.4) is 0 Å². The third-order valence-corrected chi connectivity index (χ3v) is 9.13. The first-order valence-electron chi connectivity index (χ1n) is 19.0. The Balaban J connectivity index is 4.25. The van der Waals surface area contributed by atoms with Gasteiger partial charge in [0, 0.05) is 19.3 Å². The minimum absolute atomic E-state index is 0.154. The van der Waals surface area contributed by atoms with Crippen LogP contribution in [-0.2, 0) is 14.4 Å². The number of unbranched alkanes of at least 4 members (excludes halogenated alkanes) is 22. The number of carboxylic acid groups (broad SMARTS) is 3. The van der Waals surface area contributed by atoms with Crippen LogP contribution < -0.4 is 0 Å². The third-order valence-electron chi connectivity index (χ3n) is 9.13. The van der Waals surface area contributed by atoms with E-state index < -0.39 is 17.9 Å². The molecule has 264 valence electrons. The van der Waals surface area contributed by atoms with E-state index in [1.807, 2.05) is 0 Å². The number of carbonyl (C=O) groups is 3. The summed E-state index contributed by atoms with van der Waals surface area (Å²) in [5.41, 5.74) is 0. The quantitative estimate of drug-likeness (QED) is 0.0465. The van der Waals surface area contributed by atoms with E-state index in [1.165, 1.54) is 116 Å². The second kappa shape index (κ2) is 32.1. The molecule has 0 saturated carbocycles. The maximum Gasteiger partial charge on any atom is 0.303 e. The standard InChI is InChI=1S/C38H71NO6/c1-2-3-4-5-6-7-8-9-10-11-12-13-14-15-16-17-18-19-20-21-25-32-39(33-26-22-29-36(40)41,34-27-23-30-37(42)43)35-28-24-31-38(44)45/h25,32H,2-24,26-31,33-35H2,1H3,(H2-,40,41,42,43,44,45)/p+1/b32-25+. The number of hydrogen-bond donors (Lipinski definition) is 3. The average Bonchev–Trinajstić information content (AvgIpc) is 3.00. The van der Waals surface area contributed by atoms with Crippen molar-refractivity contribution in [2.75, 3.05) is 19.6 Å². The highest BCUT2D eigenvalue weighted by Crippen LogP contribution is 2.19. The predicted molar refractivity (Wildman–Crippen MR) is 186 cm³/mol. The van der Waals surface area contributed by atoms with Crippen molar-refractivity contribution in [2.45, 2.75) is 193 Å². The number of carboxylic acids is 3. The lowest BCUT2D eigenvalue weighted by Crippen LogP contribution is -2.45. The van der Waals surface area contributed by atoms with E-state index >= 15 is 0 Å². The maximum absolute atomic E-state index is 11.0. The summed E-state index contributed by atoms with van der Waals surface area (Å²) < 4.78 is 0.692. The monoisotopic (exact) mass is 639 g/mol. The minimum atomic E-state index is -0.782. The second-order valence-electron chi connectivity index (χ2n) is 13.5. The molecule has 0 fully saturated rings. The smallest absolute Gasteiger partial charge is 0.303 e. The summed E-state index contributed by atoms with van der Waals surface area (Å²) in [6.07, 6.45) is 36.2. The number of aliphatic carboxylic acids is 3. The highest BCUT2D eigenvalue weighted by Gasteiger charge is 2.24. The molecule has 0 heterocycles. The van der Waals surface area contributed by atoms with E-state index in [2.05, 4.69) is 19.2 Å².